The second-order valence-electron chi connectivity index (χ2n) is 4.87. The normalized spacial score (nSPS) is 10.3. The van der Waals surface area contributed by atoms with E-state index in [0.29, 0.717) is 0 Å². The maximum Gasteiger partial charge on any atom is 0.230 e. The molecule has 3 aromatic rings. The molecule has 1 aromatic heterocycles. The Morgan fingerprint density at radius 1 is 1.09 bits per heavy atom. The van der Waals surface area contributed by atoms with Crippen molar-refractivity contribution in [2.24, 2.45) is 0 Å². The third-order valence-corrected chi connectivity index (χ3v) is 4.33. The van der Waals surface area contributed by atoms with Gasteiger partial charge in [-0.1, -0.05) is 40.2 Å². The van der Waals surface area contributed by atoms with Crippen LogP contribution in [-0.4, -0.2) is 10.9 Å². The van der Waals surface area contributed by atoms with Crippen molar-refractivity contribution in [3.05, 3.63) is 70.1 Å². The molecule has 0 bridgehead atoms. The van der Waals surface area contributed by atoms with Gasteiger partial charge in [-0.05, 0) is 30.3 Å². The molecule has 2 N–H and O–H groups in total. The lowest BCUT2D eigenvalue weighted by Gasteiger charge is -2.04. The van der Waals surface area contributed by atoms with Crippen molar-refractivity contribution in [1.82, 2.24) is 4.98 Å². The van der Waals surface area contributed by atoms with E-state index >= 15 is 0 Å². The number of nitrogens with one attached hydrogen (secondary N) is 2. The largest absolute Gasteiger partial charge is 0.332 e. The Bertz CT molecular complexity index is 804. The highest BCUT2D eigenvalue weighted by atomic mass is 79.9. The number of carbonyl (C=O) groups is 1. The van der Waals surface area contributed by atoms with Crippen molar-refractivity contribution in [3.63, 3.8) is 0 Å². The number of thiazole rings is 1. The summed E-state index contributed by atoms with van der Waals surface area (Å²) in [7, 11) is 0. The topological polar surface area (TPSA) is 54.0 Å². The Labute approximate surface area is 146 Å². The van der Waals surface area contributed by atoms with Gasteiger partial charge >= 0.3 is 0 Å². The van der Waals surface area contributed by atoms with Gasteiger partial charge in [-0.25, -0.2) is 4.98 Å². The quantitative estimate of drug-likeness (QED) is 0.658. The van der Waals surface area contributed by atoms with Gasteiger partial charge < -0.3 is 10.6 Å². The van der Waals surface area contributed by atoms with Gasteiger partial charge in [0.1, 0.15) is 0 Å². The molecule has 4 nitrogen and oxygen atoms in total. The first-order chi connectivity index (χ1) is 11.2. The monoisotopic (exact) mass is 387 g/mol. The first-order valence-electron chi connectivity index (χ1n) is 7.01. The van der Waals surface area contributed by atoms with Crippen LogP contribution in [0.15, 0.2) is 64.5 Å². The Hall–Kier alpha value is -2.18. The summed E-state index contributed by atoms with van der Waals surface area (Å²) in [6.45, 7) is 0. The van der Waals surface area contributed by atoms with Crippen LogP contribution in [0.2, 0.25) is 0 Å². The molecule has 0 atom stereocenters. The number of benzene rings is 2. The molecule has 6 heteroatoms. The SMILES string of the molecule is O=C(Cc1csc(Nc2ccccc2)n1)Nc1cccc(Br)c1. The van der Waals surface area contributed by atoms with Gasteiger partial charge in [-0.2, -0.15) is 0 Å². The number of nitrogens with zero attached hydrogens (tertiary/aromatic N) is 1. The van der Waals surface area contributed by atoms with E-state index in [-0.39, 0.29) is 12.3 Å². The average molecular weight is 388 g/mol. The van der Waals surface area contributed by atoms with E-state index < -0.39 is 0 Å². The smallest absolute Gasteiger partial charge is 0.230 e. The molecule has 0 aliphatic heterocycles. The molecule has 0 fully saturated rings. The first-order valence-corrected chi connectivity index (χ1v) is 8.68. The number of anilines is 3. The summed E-state index contributed by atoms with van der Waals surface area (Å²) < 4.78 is 0.929. The van der Waals surface area contributed by atoms with Gasteiger partial charge in [0.05, 0.1) is 12.1 Å². The minimum Gasteiger partial charge on any atom is -0.332 e. The second-order valence-corrected chi connectivity index (χ2v) is 6.64. The summed E-state index contributed by atoms with van der Waals surface area (Å²) in [5.41, 5.74) is 2.50. The molecule has 0 radical (unpaired) electrons. The summed E-state index contributed by atoms with van der Waals surface area (Å²) in [5, 5.41) is 8.76. The van der Waals surface area contributed by atoms with E-state index in [9.17, 15) is 4.79 Å². The minimum absolute atomic E-state index is 0.0836. The van der Waals surface area contributed by atoms with Crippen molar-refractivity contribution in [2.45, 2.75) is 6.42 Å². The lowest BCUT2D eigenvalue weighted by atomic mass is 10.3. The molecule has 0 saturated heterocycles. The van der Waals surface area contributed by atoms with Crippen molar-refractivity contribution >= 4 is 49.7 Å². The van der Waals surface area contributed by atoms with Gasteiger partial charge in [0.25, 0.3) is 0 Å². The maximum absolute atomic E-state index is 12.1. The summed E-state index contributed by atoms with van der Waals surface area (Å²) in [4.78, 5) is 16.5. The molecule has 0 unspecified atom stereocenters. The summed E-state index contributed by atoms with van der Waals surface area (Å²) >= 11 is 4.87. The van der Waals surface area contributed by atoms with Crippen molar-refractivity contribution in [1.29, 1.82) is 0 Å². The molecule has 0 aliphatic carbocycles. The highest BCUT2D eigenvalue weighted by Gasteiger charge is 2.08. The number of hydrogen-bond acceptors (Lipinski definition) is 4. The van der Waals surface area contributed by atoms with Gasteiger partial charge in [0.15, 0.2) is 5.13 Å². The average Bonchev–Trinajstić information content (AvgIpc) is 2.95. The van der Waals surface area contributed by atoms with E-state index in [1.165, 1.54) is 11.3 Å². The molecule has 0 saturated carbocycles. The molecule has 116 valence electrons. The van der Waals surface area contributed by atoms with Crippen molar-refractivity contribution in [3.8, 4) is 0 Å². The summed E-state index contributed by atoms with van der Waals surface area (Å²) in [6, 6.07) is 17.3. The first kappa shape index (κ1) is 15.7. The van der Waals surface area contributed by atoms with Crippen LogP contribution in [0.25, 0.3) is 0 Å². The molecular formula is C17H14BrN3OS. The molecular weight excluding hydrogens is 374 g/mol. The maximum atomic E-state index is 12.1. The van der Waals surface area contributed by atoms with E-state index in [0.717, 1.165) is 26.7 Å². The molecule has 23 heavy (non-hydrogen) atoms. The standard InChI is InChI=1S/C17H14BrN3OS/c18-12-5-4-8-14(9-12)19-16(22)10-15-11-23-17(21-15)20-13-6-2-1-3-7-13/h1-9,11H,10H2,(H,19,22)(H,20,21). The Balaban J connectivity index is 1.59. The van der Waals surface area contributed by atoms with Gasteiger partial charge in [-0.3, -0.25) is 4.79 Å². The number of carbonyl (C=O) groups excluding carboxylic acids is 1. The van der Waals surface area contributed by atoms with Crippen LogP contribution in [0, 0.1) is 0 Å². The van der Waals surface area contributed by atoms with Crippen LogP contribution < -0.4 is 10.6 Å². The van der Waals surface area contributed by atoms with Crippen LogP contribution >= 0.6 is 27.3 Å². The number of rotatable bonds is 5. The van der Waals surface area contributed by atoms with E-state index in [4.69, 9.17) is 0 Å². The van der Waals surface area contributed by atoms with E-state index in [2.05, 4.69) is 31.5 Å². The van der Waals surface area contributed by atoms with Gasteiger partial charge in [0.2, 0.25) is 5.91 Å². The number of para-hydroxylation sites is 1. The molecule has 3 rings (SSSR count). The van der Waals surface area contributed by atoms with Crippen LogP contribution in [0.4, 0.5) is 16.5 Å². The van der Waals surface area contributed by atoms with Crippen LogP contribution in [0.3, 0.4) is 0 Å². The Morgan fingerprint density at radius 2 is 1.87 bits per heavy atom. The number of amides is 1. The highest BCUT2D eigenvalue weighted by Crippen LogP contribution is 2.21. The molecule has 1 amide bonds. The van der Waals surface area contributed by atoms with Crippen LogP contribution in [-0.2, 0) is 11.2 Å². The van der Waals surface area contributed by atoms with Gasteiger partial charge in [-0.15, -0.1) is 11.3 Å². The highest BCUT2D eigenvalue weighted by molar-refractivity contribution is 9.10. The van der Waals surface area contributed by atoms with Crippen LogP contribution in [0.5, 0.6) is 0 Å². The van der Waals surface area contributed by atoms with E-state index in [1.54, 1.807) is 0 Å². The zero-order valence-electron chi connectivity index (χ0n) is 12.1. The Morgan fingerprint density at radius 3 is 2.65 bits per heavy atom. The lowest BCUT2D eigenvalue weighted by Crippen LogP contribution is -2.14. The fourth-order valence-corrected chi connectivity index (χ4v) is 3.16. The zero-order valence-corrected chi connectivity index (χ0v) is 14.5. The summed E-state index contributed by atoms with van der Waals surface area (Å²) in [6.07, 6.45) is 0.249. The van der Waals surface area contributed by atoms with E-state index in [1.807, 2.05) is 60.0 Å². The molecule has 0 spiro atoms. The fraction of sp³-hybridized carbons (Fsp3) is 0.0588. The number of halogens is 1. The molecule has 0 aliphatic rings. The molecule has 2 aromatic carbocycles. The minimum atomic E-state index is -0.0836. The third-order valence-electron chi connectivity index (χ3n) is 3.03. The van der Waals surface area contributed by atoms with Crippen molar-refractivity contribution < 1.29 is 4.79 Å². The predicted octanol–water partition coefficient (Wildman–Crippen LogP) is 4.83. The summed E-state index contributed by atoms with van der Waals surface area (Å²) in [5.74, 6) is -0.0836. The van der Waals surface area contributed by atoms with Crippen molar-refractivity contribution in [2.75, 3.05) is 10.6 Å². The second kappa shape index (κ2) is 7.39. The third kappa shape index (κ3) is 4.64. The molecule has 1 heterocycles. The number of aromatic nitrogens is 1. The Kier molecular flexibility index (Phi) is 5.05. The van der Waals surface area contributed by atoms with Gasteiger partial charge in [0, 0.05) is 21.2 Å². The lowest BCUT2D eigenvalue weighted by molar-refractivity contribution is -0.115. The fourth-order valence-electron chi connectivity index (χ4n) is 2.03. The predicted molar refractivity (Wildman–Crippen MR) is 98.3 cm³/mol. The van der Waals surface area contributed by atoms with Crippen LogP contribution in [0.1, 0.15) is 5.69 Å². The number of hydrogen-bond donors (Lipinski definition) is 2. The zero-order chi connectivity index (χ0) is 16.1.